The average Bonchev–Trinajstić information content (AvgIpc) is 3.35. The summed E-state index contributed by atoms with van der Waals surface area (Å²) in [6.45, 7) is 5.48. The summed E-state index contributed by atoms with van der Waals surface area (Å²) in [6, 6.07) is 34.4. The molecule has 5 nitrogen and oxygen atoms in total. The van der Waals surface area contributed by atoms with Crippen LogP contribution in [0.1, 0.15) is 27.2 Å². The Hall–Kier alpha value is -3.54. The Morgan fingerprint density at radius 2 is 1.34 bits per heavy atom. The molecule has 1 aliphatic heterocycles. The molecule has 0 N–H and O–H groups in total. The molecular weight excluding hydrogens is 604 g/mol. The zero-order valence-electron chi connectivity index (χ0n) is 23.2. The van der Waals surface area contributed by atoms with E-state index in [9.17, 15) is 9.59 Å². The summed E-state index contributed by atoms with van der Waals surface area (Å²) in [4.78, 5) is 28.1. The summed E-state index contributed by atoms with van der Waals surface area (Å²) < 4.78 is 25.9. The van der Waals surface area contributed by atoms with E-state index in [4.69, 9.17) is 9.47 Å². The molecule has 41 heavy (non-hydrogen) atoms. The van der Waals surface area contributed by atoms with Gasteiger partial charge in [-0.2, -0.15) is 0 Å². The molecule has 0 bridgehead atoms. The number of nitrogens with zero attached hydrogens (tertiary/aromatic N) is 1. The number of carbonyl (C=O) groups is 2. The monoisotopic (exact) mass is 635 g/mol. The second kappa shape index (κ2) is 11.0. The molecule has 1 amide bonds. The molecule has 1 heterocycles. The summed E-state index contributed by atoms with van der Waals surface area (Å²) in [6.07, 6.45) is -0.414. The van der Waals surface area contributed by atoms with Gasteiger partial charge in [-0.1, -0.05) is 0 Å². The number of halogens is 2. The van der Waals surface area contributed by atoms with Gasteiger partial charge >= 0.3 is 249 Å². The van der Waals surface area contributed by atoms with Gasteiger partial charge in [0.15, 0.2) is 0 Å². The first kappa shape index (κ1) is 29.0. The van der Waals surface area contributed by atoms with Gasteiger partial charge in [0.1, 0.15) is 0 Å². The van der Waals surface area contributed by atoms with Crippen LogP contribution in [0, 0.1) is 5.82 Å². The van der Waals surface area contributed by atoms with E-state index in [-0.39, 0.29) is 17.3 Å². The first-order valence-electron chi connectivity index (χ1n) is 13.4. The number of benzene rings is 4. The Labute approximate surface area is 248 Å². The quantitative estimate of drug-likeness (QED) is 0.129. The van der Waals surface area contributed by atoms with Crippen LogP contribution in [-0.4, -0.2) is 29.9 Å². The third-order valence-electron chi connectivity index (χ3n) is 7.35. The van der Waals surface area contributed by atoms with E-state index in [1.54, 1.807) is 20.8 Å². The van der Waals surface area contributed by atoms with Gasteiger partial charge in [-0.15, -0.1) is 0 Å². The maximum absolute atomic E-state index is 15.5. The molecule has 1 saturated heterocycles. The van der Waals surface area contributed by atoms with Gasteiger partial charge in [0.05, 0.1) is 0 Å². The molecule has 0 aliphatic carbocycles. The number of rotatable bonds is 6. The van der Waals surface area contributed by atoms with Crippen molar-refractivity contribution in [1.29, 1.82) is 0 Å². The van der Waals surface area contributed by atoms with Crippen molar-refractivity contribution in [1.82, 2.24) is 0 Å². The van der Waals surface area contributed by atoms with Crippen LogP contribution in [0.5, 0.6) is 5.75 Å². The van der Waals surface area contributed by atoms with Gasteiger partial charge in [0, 0.05) is 0 Å². The number of anilines is 1. The zero-order valence-corrected chi connectivity index (χ0v) is 25.6. The standard InChI is InChI=1S/C33H32BrFNO4P/c1-33(2,3)40-32(38)39-24-19-20-29(28(35)23-24)36-22-21-30(31(36)37)41(34,25-13-7-4-8-14-25,26-15-9-5-10-16-26)27-17-11-6-12-18-27/h4-20,23,30H,21-22H2,1-3H3. The molecule has 8 heteroatoms. The number of carbonyl (C=O) groups excluding carboxylic acids is 2. The Morgan fingerprint density at radius 3 is 1.78 bits per heavy atom. The van der Waals surface area contributed by atoms with Crippen LogP contribution in [0.15, 0.2) is 109 Å². The molecule has 5 rings (SSSR count). The molecule has 1 fully saturated rings. The SMILES string of the molecule is CC(C)(C)OC(=O)Oc1ccc(N2CCC(P(Br)(c3ccccc3)(c3ccccc3)c3ccccc3)C2=O)c(F)c1. The summed E-state index contributed by atoms with van der Waals surface area (Å²) in [7, 11) is 0. The van der Waals surface area contributed by atoms with Crippen molar-refractivity contribution in [3.63, 3.8) is 0 Å². The molecule has 0 aromatic heterocycles. The Kier molecular flexibility index (Phi) is 7.80. The summed E-state index contributed by atoms with van der Waals surface area (Å²) >= 11 is 4.38. The first-order valence-corrected chi connectivity index (χ1v) is 17.8. The number of amides is 1. The summed E-state index contributed by atoms with van der Waals surface area (Å²) in [5.74, 6) is -0.827. The molecule has 1 aliphatic rings. The zero-order chi connectivity index (χ0) is 29.3. The second-order valence-electron chi connectivity index (χ2n) is 11.1. The Bertz CT molecular complexity index is 1460. The van der Waals surface area contributed by atoms with Crippen molar-refractivity contribution in [2.45, 2.75) is 38.5 Å². The molecule has 1 atom stereocenters. The van der Waals surface area contributed by atoms with Crippen molar-refractivity contribution in [2.75, 3.05) is 11.4 Å². The fourth-order valence-electron chi connectivity index (χ4n) is 5.64. The third-order valence-corrected chi connectivity index (χ3v) is 18.1. The van der Waals surface area contributed by atoms with Crippen molar-refractivity contribution in [3.05, 3.63) is 115 Å². The second-order valence-corrected chi connectivity index (χ2v) is 19.8. The van der Waals surface area contributed by atoms with Crippen LogP contribution in [-0.2, 0) is 9.53 Å². The Morgan fingerprint density at radius 1 is 0.854 bits per heavy atom. The summed E-state index contributed by atoms with van der Waals surface area (Å²) in [5.41, 5.74) is -1.10. The van der Waals surface area contributed by atoms with Crippen molar-refractivity contribution in [3.8, 4) is 5.75 Å². The predicted octanol–water partition coefficient (Wildman–Crippen LogP) is 7.08. The average molecular weight is 636 g/mol. The van der Waals surface area contributed by atoms with Crippen LogP contribution in [0.3, 0.4) is 0 Å². The van der Waals surface area contributed by atoms with Crippen molar-refractivity contribution >= 4 is 54.5 Å². The number of hydrogen-bond acceptors (Lipinski definition) is 4. The van der Waals surface area contributed by atoms with Crippen LogP contribution in [0.4, 0.5) is 14.9 Å². The van der Waals surface area contributed by atoms with Crippen LogP contribution >= 0.6 is 20.8 Å². The van der Waals surface area contributed by atoms with E-state index in [2.05, 4.69) is 51.9 Å². The molecule has 0 spiro atoms. The number of ether oxygens (including phenoxy) is 2. The van der Waals surface area contributed by atoms with Gasteiger partial charge in [0.2, 0.25) is 0 Å². The minimum atomic E-state index is -3.62. The van der Waals surface area contributed by atoms with E-state index in [1.165, 1.54) is 17.0 Å². The van der Waals surface area contributed by atoms with Crippen molar-refractivity contribution < 1.29 is 23.5 Å². The van der Waals surface area contributed by atoms with Crippen LogP contribution in [0.25, 0.3) is 0 Å². The normalized spacial score (nSPS) is 16.6. The van der Waals surface area contributed by atoms with Gasteiger partial charge in [-0.25, -0.2) is 0 Å². The van der Waals surface area contributed by atoms with Crippen LogP contribution < -0.4 is 25.6 Å². The topological polar surface area (TPSA) is 55.8 Å². The minimum absolute atomic E-state index is 0.00155. The molecule has 0 saturated carbocycles. The van der Waals surface area contributed by atoms with Gasteiger partial charge in [-0.3, -0.25) is 0 Å². The van der Waals surface area contributed by atoms with Crippen molar-refractivity contribution in [2.24, 2.45) is 0 Å². The van der Waals surface area contributed by atoms with E-state index in [0.717, 1.165) is 22.0 Å². The molecule has 0 radical (unpaired) electrons. The van der Waals surface area contributed by atoms with Gasteiger partial charge in [-0.05, 0) is 0 Å². The van der Waals surface area contributed by atoms with Gasteiger partial charge in [0.25, 0.3) is 0 Å². The van der Waals surface area contributed by atoms with Crippen LogP contribution in [0.2, 0.25) is 0 Å². The fraction of sp³-hybridized carbons (Fsp3) is 0.212. The van der Waals surface area contributed by atoms with Gasteiger partial charge < -0.3 is 0 Å². The number of hydrogen-bond donors (Lipinski definition) is 0. The van der Waals surface area contributed by atoms with E-state index >= 15 is 4.39 Å². The fourth-order valence-corrected chi connectivity index (χ4v) is 14.3. The van der Waals surface area contributed by atoms with E-state index in [0.29, 0.717) is 13.0 Å². The molecule has 4 aromatic rings. The molecule has 4 aromatic carbocycles. The summed E-state index contributed by atoms with van der Waals surface area (Å²) in [5, 5.41) is -0.541. The Balaban J connectivity index is 1.59. The maximum atomic E-state index is 15.5. The first-order chi connectivity index (χ1) is 19.5. The van der Waals surface area contributed by atoms with E-state index in [1.807, 2.05) is 54.6 Å². The van der Waals surface area contributed by atoms with E-state index < -0.39 is 28.5 Å². The third kappa shape index (κ3) is 5.18. The molecular formula is C33H32BrFNO4P. The molecule has 212 valence electrons. The molecule has 1 unspecified atom stereocenters. The predicted molar refractivity (Wildman–Crippen MR) is 168 cm³/mol.